The van der Waals surface area contributed by atoms with Gasteiger partial charge < -0.3 is 15.8 Å². The van der Waals surface area contributed by atoms with Crippen LogP contribution in [0.4, 0.5) is 0 Å². The third-order valence-corrected chi connectivity index (χ3v) is 5.24. The van der Waals surface area contributed by atoms with Gasteiger partial charge in [-0.05, 0) is 17.5 Å². The average Bonchev–Trinajstić information content (AvgIpc) is 2.69. The van der Waals surface area contributed by atoms with Crippen molar-refractivity contribution < 1.29 is 17.9 Å². The van der Waals surface area contributed by atoms with E-state index >= 15 is 0 Å². The Bertz CT molecular complexity index is 816. The van der Waals surface area contributed by atoms with E-state index in [0.717, 1.165) is 11.1 Å². The highest BCUT2D eigenvalue weighted by atomic mass is 32.2. The van der Waals surface area contributed by atoms with Crippen LogP contribution >= 0.6 is 0 Å². The normalized spacial score (nSPS) is 11.8. The zero-order valence-electron chi connectivity index (χ0n) is 15.5. The van der Waals surface area contributed by atoms with Gasteiger partial charge in [-0.25, -0.2) is 13.1 Å². The fourth-order valence-corrected chi connectivity index (χ4v) is 3.78. The largest absolute Gasteiger partial charge is 0.369 e. The van der Waals surface area contributed by atoms with Crippen LogP contribution < -0.4 is 15.8 Å². The Balaban J connectivity index is 1.88. The lowest BCUT2D eigenvalue weighted by Gasteiger charge is -2.20. The van der Waals surface area contributed by atoms with E-state index in [1.807, 2.05) is 60.7 Å². The molecule has 0 heterocycles. The fourth-order valence-electron chi connectivity index (χ4n) is 2.53. The number of ether oxygens (including phenoxy) is 1. The Morgan fingerprint density at radius 3 is 2.14 bits per heavy atom. The van der Waals surface area contributed by atoms with Gasteiger partial charge in [0.15, 0.2) is 0 Å². The Hall–Kier alpha value is -2.68. The summed E-state index contributed by atoms with van der Waals surface area (Å²) in [6.45, 7) is 0.424. The van der Waals surface area contributed by atoms with Gasteiger partial charge in [-0.15, -0.1) is 0 Å². The first kappa shape index (κ1) is 21.6. The molecule has 0 atom stereocenters. The van der Waals surface area contributed by atoms with E-state index in [4.69, 9.17) is 10.5 Å². The third kappa shape index (κ3) is 7.91. The number of carbonyl (C=O) groups excluding carboxylic acids is 1. The van der Waals surface area contributed by atoms with Crippen LogP contribution in [0.1, 0.15) is 23.6 Å². The second-order valence-corrected chi connectivity index (χ2v) is 7.91. The van der Waals surface area contributed by atoms with Gasteiger partial charge in [0.2, 0.25) is 15.9 Å². The first-order valence-corrected chi connectivity index (χ1v) is 10.5. The molecule has 7 nitrogen and oxygen atoms in total. The minimum absolute atomic E-state index is 0.0553. The summed E-state index contributed by atoms with van der Waals surface area (Å²) in [5.74, 6) is -0.614. The maximum Gasteiger partial charge on any atom is 0.242 e. The van der Waals surface area contributed by atoms with E-state index in [2.05, 4.69) is 10.0 Å². The van der Waals surface area contributed by atoms with Gasteiger partial charge in [-0.3, -0.25) is 4.79 Å². The molecule has 0 aliphatic rings. The maximum absolute atomic E-state index is 12.6. The van der Waals surface area contributed by atoms with Crippen LogP contribution in [0.25, 0.3) is 0 Å². The molecule has 0 unspecified atom stereocenters. The number of carbonyl (C=O) groups is 1. The minimum Gasteiger partial charge on any atom is -0.369 e. The summed E-state index contributed by atoms with van der Waals surface area (Å²) in [6.07, 6.45) is 2.89. The molecule has 4 N–H and O–H groups in total. The van der Waals surface area contributed by atoms with Crippen molar-refractivity contribution in [3.63, 3.8) is 0 Å². The van der Waals surface area contributed by atoms with E-state index in [1.165, 1.54) is 12.3 Å². The minimum atomic E-state index is -3.51. The van der Waals surface area contributed by atoms with Crippen LogP contribution in [0.2, 0.25) is 0 Å². The van der Waals surface area contributed by atoms with E-state index in [-0.39, 0.29) is 19.1 Å². The molecule has 0 aliphatic carbocycles. The number of amides is 1. The van der Waals surface area contributed by atoms with Crippen LogP contribution in [-0.2, 0) is 19.6 Å². The number of nitrogens with one attached hydrogen (secondary N) is 2. The Kier molecular flexibility index (Phi) is 8.67. The van der Waals surface area contributed by atoms with E-state index in [1.54, 1.807) is 0 Å². The molecule has 0 bridgehead atoms. The highest BCUT2D eigenvalue weighted by Crippen LogP contribution is 2.22. The summed E-state index contributed by atoms with van der Waals surface area (Å²) in [7, 11) is -3.51. The predicted molar refractivity (Wildman–Crippen MR) is 109 cm³/mol. The SMILES string of the molecule is NC(=O)/C=C\NCOCCCS(=O)(=O)NC(c1ccccc1)c1ccccc1. The molecule has 0 aliphatic heterocycles. The molecule has 0 aromatic heterocycles. The zero-order valence-corrected chi connectivity index (χ0v) is 16.3. The lowest BCUT2D eigenvalue weighted by atomic mass is 10.00. The summed E-state index contributed by atoms with van der Waals surface area (Å²) in [5, 5.41) is 2.72. The van der Waals surface area contributed by atoms with Crippen LogP contribution in [-0.4, -0.2) is 33.4 Å². The summed E-state index contributed by atoms with van der Waals surface area (Å²) in [5.41, 5.74) is 6.69. The van der Waals surface area contributed by atoms with Crippen LogP contribution in [0.15, 0.2) is 72.9 Å². The van der Waals surface area contributed by atoms with Crippen molar-refractivity contribution in [2.45, 2.75) is 12.5 Å². The molecule has 8 heteroatoms. The van der Waals surface area contributed by atoms with Crippen LogP contribution in [0.3, 0.4) is 0 Å². The van der Waals surface area contributed by atoms with Crippen molar-refractivity contribution in [1.29, 1.82) is 0 Å². The second kappa shape index (κ2) is 11.2. The topological polar surface area (TPSA) is 111 Å². The van der Waals surface area contributed by atoms with E-state index in [0.29, 0.717) is 6.42 Å². The lowest BCUT2D eigenvalue weighted by molar-refractivity contribution is -0.113. The molecule has 2 aromatic rings. The Labute approximate surface area is 165 Å². The summed E-state index contributed by atoms with van der Waals surface area (Å²) in [4.78, 5) is 10.5. The monoisotopic (exact) mass is 403 g/mol. The standard InChI is InChI=1S/C20H25N3O4S/c21-19(24)12-13-22-16-27-14-7-15-28(25,26)23-20(17-8-3-1-4-9-17)18-10-5-2-6-11-18/h1-6,8-13,20,22-23H,7,14-16H2,(H2,21,24)/b13-12-. The zero-order chi connectivity index (χ0) is 20.2. The third-order valence-electron chi connectivity index (χ3n) is 3.82. The van der Waals surface area contributed by atoms with Crippen molar-refractivity contribution in [3.8, 4) is 0 Å². The smallest absolute Gasteiger partial charge is 0.242 e. The number of primary amides is 1. The molecule has 0 spiro atoms. The van der Waals surface area contributed by atoms with Gasteiger partial charge in [0.1, 0.15) is 6.73 Å². The summed E-state index contributed by atoms with van der Waals surface area (Å²) in [6, 6.07) is 18.5. The summed E-state index contributed by atoms with van der Waals surface area (Å²) < 4.78 is 33.2. The van der Waals surface area contributed by atoms with Gasteiger partial charge in [0.25, 0.3) is 0 Å². The lowest BCUT2D eigenvalue weighted by Crippen LogP contribution is -2.32. The molecular weight excluding hydrogens is 378 g/mol. The number of sulfonamides is 1. The molecule has 0 radical (unpaired) electrons. The molecular formula is C20H25N3O4S. The summed E-state index contributed by atoms with van der Waals surface area (Å²) >= 11 is 0. The molecule has 0 saturated heterocycles. The average molecular weight is 404 g/mol. The van der Waals surface area contributed by atoms with Crippen LogP contribution in [0, 0.1) is 0 Å². The first-order valence-electron chi connectivity index (χ1n) is 8.85. The van der Waals surface area contributed by atoms with Crippen molar-refractivity contribution >= 4 is 15.9 Å². The van der Waals surface area contributed by atoms with E-state index in [9.17, 15) is 13.2 Å². The van der Waals surface area contributed by atoms with Crippen molar-refractivity contribution in [2.75, 3.05) is 19.1 Å². The van der Waals surface area contributed by atoms with E-state index < -0.39 is 22.0 Å². The quantitative estimate of drug-likeness (QED) is 0.284. The second-order valence-electron chi connectivity index (χ2n) is 6.04. The predicted octanol–water partition coefficient (Wildman–Crippen LogP) is 1.65. The van der Waals surface area contributed by atoms with Crippen LogP contribution in [0.5, 0.6) is 0 Å². The Morgan fingerprint density at radius 2 is 1.61 bits per heavy atom. The number of hydrogen-bond acceptors (Lipinski definition) is 5. The highest BCUT2D eigenvalue weighted by Gasteiger charge is 2.20. The van der Waals surface area contributed by atoms with Gasteiger partial charge in [0.05, 0.1) is 11.8 Å². The van der Waals surface area contributed by atoms with Gasteiger partial charge in [0, 0.05) is 18.9 Å². The maximum atomic E-state index is 12.6. The number of benzene rings is 2. The molecule has 150 valence electrons. The molecule has 2 rings (SSSR count). The molecule has 28 heavy (non-hydrogen) atoms. The molecule has 0 fully saturated rings. The number of nitrogens with two attached hydrogens (primary N) is 1. The number of hydrogen-bond donors (Lipinski definition) is 3. The number of rotatable bonds is 12. The fraction of sp³-hybridized carbons (Fsp3) is 0.250. The van der Waals surface area contributed by atoms with Gasteiger partial charge in [-0.2, -0.15) is 0 Å². The van der Waals surface area contributed by atoms with Gasteiger partial charge >= 0.3 is 0 Å². The van der Waals surface area contributed by atoms with Gasteiger partial charge in [-0.1, -0.05) is 60.7 Å². The van der Waals surface area contributed by atoms with Crippen molar-refractivity contribution in [1.82, 2.24) is 10.0 Å². The van der Waals surface area contributed by atoms with Crippen molar-refractivity contribution in [3.05, 3.63) is 84.1 Å². The highest BCUT2D eigenvalue weighted by molar-refractivity contribution is 7.89. The molecule has 0 saturated carbocycles. The molecule has 1 amide bonds. The van der Waals surface area contributed by atoms with Crippen molar-refractivity contribution in [2.24, 2.45) is 5.73 Å². The molecule has 2 aromatic carbocycles. The Morgan fingerprint density at radius 1 is 1.04 bits per heavy atom. The first-order chi connectivity index (χ1) is 13.5.